The maximum atomic E-state index is 10.4. The summed E-state index contributed by atoms with van der Waals surface area (Å²) in [5, 5.41) is 0.130. The van der Waals surface area contributed by atoms with Crippen molar-refractivity contribution in [1.29, 1.82) is 0 Å². The minimum atomic E-state index is -1.05. The highest BCUT2D eigenvalue weighted by Gasteiger charge is 2.09. The van der Waals surface area contributed by atoms with Crippen LogP contribution in [0.15, 0.2) is 0 Å². The fourth-order valence-electron chi connectivity index (χ4n) is 0.0868. The van der Waals surface area contributed by atoms with Crippen molar-refractivity contribution in [1.82, 2.24) is 0 Å². The van der Waals surface area contributed by atoms with Crippen LogP contribution >= 0.6 is 23.2 Å². The van der Waals surface area contributed by atoms with Crippen LogP contribution in [0.25, 0.3) is 0 Å². The van der Waals surface area contributed by atoms with Gasteiger partial charge in [0.2, 0.25) is 0 Å². The predicted octanol–water partition coefficient (Wildman–Crippen LogP) is 1.52. The van der Waals surface area contributed by atoms with Crippen LogP contribution in [0.5, 0.6) is 0 Å². The Hall–Kier alpha value is 0.890. The number of hydrogen-bond acceptors (Lipinski definition) is 1. The van der Waals surface area contributed by atoms with Crippen molar-refractivity contribution < 1.29 is 4.55 Å². The molecule has 0 rings (SSSR count). The summed E-state index contributed by atoms with van der Waals surface area (Å²) in [7, 11) is 0. The van der Waals surface area contributed by atoms with Crippen molar-refractivity contribution in [3.05, 3.63) is 0 Å². The lowest BCUT2D eigenvalue weighted by atomic mass is 11.0. The molecule has 0 N–H and O–H groups in total. The first-order valence-corrected chi connectivity index (χ1v) is 4.11. The molecule has 0 aromatic carbocycles. The summed E-state index contributed by atoms with van der Waals surface area (Å²) in [6, 6.07) is 0. The zero-order valence-corrected chi connectivity index (χ0v) is 6.19. The van der Waals surface area contributed by atoms with Gasteiger partial charge >= 0.3 is 0 Å². The summed E-state index contributed by atoms with van der Waals surface area (Å²) in [4.78, 5) is 0. The van der Waals surface area contributed by atoms with Crippen molar-refractivity contribution >= 4 is 34.4 Å². The van der Waals surface area contributed by atoms with E-state index in [1.165, 1.54) is 0 Å². The highest BCUT2D eigenvalue weighted by Crippen LogP contribution is 2.06. The fourth-order valence-corrected chi connectivity index (χ4v) is 1.21. The third-order valence-corrected chi connectivity index (χ3v) is 2.65. The van der Waals surface area contributed by atoms with E-state index < -0.39 is 11.2 Å². The number of hydrogen-bond donors (Lipinski definition) is 0. The van der Waals surface area contributed by atoms with Crippen LogP contribution in [0.1, 0.15) is 6.92 Å². The molecular formula is C3H6Cl2OS. The Morgan fingerprint density at radius 2 is 2.29 bits per heavy atom. The second-order valence-corrected chi connectivity index (χ2v) is 4.29. The minimum absolute atomic E-state index is 0.130. The van der Waals surface area contributed by atoms with Crippen molar-refractivity contribution in [3.63, 3.8) is 0 Å². The molecule has 0 aromatic rings. The number of alkyl halides is 2. The molecule has 44 valence electrons. The molecule has 0 aliphatic heterocycles. The molecule has 0 aliphatic rings. The quantitative estimate of drug-likeness (QED) is 0.444. The van der Waals surface area contributed by atoms with Gasteiger partial charge in [0.15, 0.2) is 9.92 Å². The summed E-state index contributed by atoms with van der Waals surface area (Å²) in [5.41, 5.74) is 0. The molecule has 0 spiro atoms. The average molecular weight is 161 g/mol. The predicted molar refractivity (Wildman–Crippen MR) is 34.2 cm³/mol. The maximum Gasteiger partial charge on any atom is 0.187 e. The minimum Gasteiger partial charge on any atom is -0.614 e. The lowest BCUT2D eigenvalue weighted by Gasteiger charge is -2.07. The zero-order valence-electron chi connectivity index (χ0n) is 3.86. The molecule has 7 heavy (non-hydrogen) atoms. The highest BCUT2D eigenvalue weighted by atomic mass is 35.5. The average Bonchev–Trinajstić information content (AvgIpc) is 1.65. The number of rotatable bonds is 2. The van der Waals surface area contributed by atoms with Crippen molar-refractivity contribution in [3.8, 4) is 0 Å². The Balaban J connectivity index is 3.14. The van der Waals surface area contributed by atoms with Gasteiger partial charge in [-0.25, -0.2) is 0 Å². The first-order valence-electron chi connectivity index (χ1n) is 1.75. The second-order valence-electron chi connectivity index (χ2n) is 1.03. The van der Waals surface area contributed by atoms with Gasteiger partial charge in [-0.2, -0.15) is 0 Å². The van der Waals surface area contributed by atoms with Crippen molar-refractivity contribution in [2.45, 2.75) is 11.6 Å². The normalized spacial score (nSPS) is 18.9. The molecule has 0 saturated carbocycles. The van der Waals surface area contributed by atoms with E-state index >= 15 is 0 Å². The summed E-state index contributed by atoms with van der Waals surface area (Å²) >= 11 is 9.46. The van der Waals surface area contributed by atoms with Crippen LogP contribution in [0, 0.1) is 0 Å². The van der Waals surface area contributed by atoms with Crippen LogP contribution in [0.3, 0.4) is 0 Å². The molecule has 2 unspecified atom stereocenters. The molecular weight excluding hydrogens is 155 g/mol. The van der Waals surface area contributed by atoms with E-state index in [4.69, 9.17) is 23.2 Å². The molecule has 0 heterocycles. The SMILES string of the molecule is CC(Cl)[S+]([O-])CCl. The standard InChI is InChI=1S/C3H6Cl2OS/c1-3(5)7(6)2-4/h3H,2H2,1H3. The van der Waals surface area contributed by atoms with Gasteiger partial charge in [-0.15, -0.1) is 0 Å². The number of halogens is 2. The smallest absolute Gasteiger partial charge is 0.187 e. The first-order chi connectivity index (χ1) is 3.18. The highest BCUT2D eigenvalue weighted by molar-refractivity contribution is 7.94. The van der Waals surface area contributed by atoms with Crippen LogP contribution in [0.2, 0.25) is 0 Å². The van der Waals surface area contributed by atoms with Crippen LogP contribution < -0.4 is 0 Å². The molecule has 4 heteroatoms. The molecule has 1 nitrogen and oxygen atoms in total. The lowest BCUT2D eigenvalue weighted by Crippen LogP contribution is -2.11. The lowest BCUT2D eigenvalue weighted by molar-refractivity contribution is 0.598. The zero-order chi connectivity index (χ0) is 5.86. The van der Waals surface area contributed by atoms with Crippen LogP contribution in [0.4, 0.5) is 0 Å². The van der Waals surface area contributed by atoms with Gasteiger partial charge in [0, 0.05) is 0 Å². The van der Waals surface area contributed by atoms with Gasteiger partial charge in [-0.05, 0) is 18.1 Å². The van der Waals surface area contributed by atoms with Crippen LogP contribution in [-0.2, 0) is 11.2 Å². The Bertz CT molecular complexity index is 50.2. The van der Waals surface area contributed by atoms with E-state index in [-0.39, 0.29) is 9.92 Å². The maximum absolute atomic E-state index is 10.4. The van der Waals surface area contributed by atoms with E-state index in [2.05, 4.69) is 0 Å². The van der Waals surface area contributed by atoms with E-state index in [0.717, 1.165) is 0 Å². The molecule has 0 aromatic heterocycles. The Labute approximate surface area is 56.2 Å². The van der Waals surface area contributed by atoms with Gasteiger partial charge in [-0.1, -0.05) is 23.2 Å². The van der Waals surface area contributed by atoms with Crippen molar-refractivity contribution in [2.24, 2.45) is 0 Å². The molecule has 2 atom stereocenters. The van der Waals surface area contributed by atoms with E-state index in [1.807, 2.05) is 0 Å². The Morgan fingerprint density at radius 3 is 2.29 bits per heavy atom. The molecule has 0 fully saturated rings. The summed E-state index contributed by atoms with van der Waals surface area (Å²) < 4.78 is 10.0. The van der Waals surface area contributed by atoms with Gasteiger partial charge < -0.3 is 4.55 Å². The van der Waals surface area contributed by atoms with Crippen LogP contribution in [-0.4, -0.2) is 14.5 Å². The van der Waals surface area contributed by atoms with E-state index in [1.54, 1.807) is 6.92 Å². The third kappa shape index (κ3) is 3.47. The van der Waals surface area contributed by atoms with Crippen molar-refractivity contribution in [2.75, 3.05) is 5.21 Å². The Morgan fingerprint density at radius 1 is 1.86 bits per heavy atom. The summed E-state index contributed by atoms with van der Waals surface area (Å²) in [5.74, 6) is 0. The topological polar surface area (TPSA) is 23.1 Å². The molecule has 0 saturated heterocycles. The second kappa shape index (κ2) is 3.84. The first kappa shape index (κ1) is 7.89. The molecule has 0 amide bonds. The van der Waals surface area contributed by atoms with E-state index in [0.29, 0.717) is 0 Å². The largest absolute Gasteiger partial charge is 0.614 e. The summed E-state index contributed by atoms with van der Waals surface area (Å²) in [6.45, 7) is 1.65. The Kier molecular flexibility index (Phi) is 4.33. The molecule has 0 bridgehead atoms. The summed E-state index contributed by atoms with van der Waals surface area (Å²) in [6.07, 6.45) is 0. The molecule has 0 aliphatic carbocycles. The van der Waals surface area contributed by atoms with Gasteiger partial charge in [-0.3, -0.25) is 0 Å². The van der Waals surface area contributed by atoms with Gasteiger partial charge in [0.25, 0.3) is 0 Å². The van der Waals surface area contributed by atoms with E-state index in [9.17, 15) is 4.55 Å². The van der Waals surface area contributed by atoms with Gasteiger partial charge in [0.1, 0.15) is 0 Å². The van der Waals surface area contributed by atoms with Gasteiger partial charge in [0.05, 0.1) is 0 Å². The fraction of sp³-hybridized carbons (Fsp3) is 1.00. The monoisotopic (exact) mass is 160 g/mol. The molecule has 0 radical (unpaired) electrons. The third-order valence-electron chi connectivity index (χ3n) is 0.470.